The van der Waals surface area contributed by atoms with Gasteiger partial charge in [-0.1, -0.05) is 24.3 Å². The van der Waals surface area contributed by atoms with Gasteiger partial charge in [0.2, 0.25) is 5.91 Å². The van der Waals surface area contributed by atoms with Crippen LogP contribution in [-0.4, -0.2) is 42.6 Å². The van der Waals surface area contributed by atoms with E-state index in [0.717, 1.165) is 16.5 Å². The second kappa shape index (κ2) is 10.9. The van der Waals surface area contributed by atoms with Crippen molar-refractivity contribution in [2.24, 2.45) is 0 Å². The number of amides is 3. The molecule has 4 aromatic rings. The monoisotopic (exact) mass is 490 g/mol. The third-order valence-electron chi connectivity index (χ3n) is 5.53. The molecule has 0 aliphatic heterocycles. The number of anilines is 2. The summed E-state index contributed by atoms with van der Waals surface area (Å²) in [4.78, 5) is 43.1. The number of carbonyl (C=O) groups is 3. The number of hydrogen-bond donors (Lipinski definition) is 3. The maximum absolute atomic E-state index is 13.3. The first-order valence-electron chi connectivity index (χ1n) is 11.2. The van der Waals surface area contributed by atoms with E-state index in [1.165, 1.54) is 16.2 Å². The molecule has 0 saturated carbocycles. The van der Waals surface area contributed by atoms with Gasteiger partial charge in [-0.15, -0.1) is 11.3 Å². The van der Waals surface area contributed by atoms with Crippen molar-refractivity contribution in [3.05, 3.63) is 82.7 Å². The van der Waals surface area contributed by atoms with Gasteiger partial charge in [0.05, 0.1) is 11.5 Å². The maximum atomic E-state index is 13.3. The van der Waals surface area contributed by atoms with Crippen LogP contribution in [0.5, 0.6) is 0 Å². The summed E-state index contributed by atoms with van der Waals surface area (Å²) in [5.74, 6) is -0.641. The van der Waals surface area contributed by atoms with Crippen LogP contribution >= 0.6 is 11.3 Å². The van der Waals surface area contributed by atoms with Crippen molar-refractivity contribution in [3.8, 4) is 0 Å². The summed E-state index contributed by atoms with van der Waals surface area (Å²) in [5, 5.41) is 8.58. The van der Waals surface area contributed by atoms with E-state index < -0.39 is 12.1 Å². The minimum Gasteiger partial charge on any atom is -0.449 e. The third-order valence-corrected chi connectivity index (χ3v) is 6.40. The molecule has 180 valence electrons. The molecule has 1 atom stereocenters. The Morgan fingerprint density at radius 2 is 1.83 bits per heavy atom. The molecule has 0 fully saturated rings. The van der Waals surface area contributed by atoms with Crippen molar-refractivity contribution in [3.63, 3.8) is 0 Å². The number of ether oxygens (including phenoxy) is 1. The molecular formula is C26H26N4O4S. The van der Waals surface area contributed by atoms with E-state index >= 15 is 0 Å². The van der Waals surface area contributed by atoms with Crippen LogP contribution < -0.4 is 15.5 Å². The van der Waals surface area contributed by atoms with Gasteiger partial charge in [-0.3, -0.25) is 14.5 Å². The quantitative estimate of drug-likeness (QED) is 0.330. The van der Waals surface area contributed by atoms with Crippen LogP contribution in [0.3, 0.4) is 0 Å². The molecule has 0 aliphatic carbocycles. The number of para-hydroxylation sites is 1. The molecule has 0 radical (unpaired) electrons. The highest BCUT2D eigenvalue weighted by molar-refractivity contribution is 7.12. The van der Waals surface area contributed by atoms with Crippen LogP contribution in [0.15, 0.2) is 72.2 Å². The van der Waals surface area contributed by atoms with Crippen molar-refractivity contribution in [2.45, 2.75) is 19.4 Å². The zero-order chi connectivity index (χ0) is 24.8. The Morgan fingerprint density at radius 1 is 1.06 bits per heavy atom. The number of nitrogens with zero attached hydrogens (tertiary/aromatic N) is 1. The van der Waals surface area contributed by atoms with E-state index in [-0.39, 0.29) is 18.4 Å². The third kappa shape index (κ3) is 5.70. The second-order valence-electron chi connectivity index (χ2n) is 7.86. The lowest BCUT2D eigenvalue weighted by atomic mass is 10.0. The SMILES string of the molecule is CCOC(=O)N(C)c1ccc(NC(=O)C(Cc2c[nH]c3ccccc23)NC(=O)c2cccs2)cc1. The molecule has 2 heterocycles. The molecule has 2 aromatic heterocycles. The minimum atomic E-state index is -0.800. The summed E-state index contributed by atoms with van der Waals surface area (Å²) in [6, 6.07) is 17.4. The second-order valence-corrected chi connectivity index (χ2v) is 8.81. The van der Waals surface area contributed by atoms with Crippen molar-refractivity contribution < 1.29 is 19.1 Å². The smallest absolute Gasteiger partial charge is 0.413 e. The molecule has 3 amide bonds. The average Bonchev–Trinajstić information content (AvgIpc) is 3.54. The average molecular weight is 491 g/mol. The first kappa shape index (κ1) is 24.0. The Kier molecular flexibility index (Phi) is 7.47. The van der Waals surface area contributed by atoms with Gasteiger partial charge in [-0.25, -0.2) is 4.79 Å². The van der Waals surface area contributed by atoms with E-state index in [1.54, 1.807) is 50.4 Å². The lowest BCUT2D eigenvalue weighted by Crippen LogP contribution is -2.45. The number of H-pyrrole nitrogens is 1. The molecule has 9 heteroatoms. The molecular weight excluding hydrogens is 464 g/mol. The van der Waals surface area contributed by atoms with Gasteiger partial charge >= 0.3 is 6.09 Å². The van der Waals surface area contributed by atoms with Crippen molar-refractivity contribution in [1.82, 2.24) is 10.3 Å². The zero-order valence-corrected chi connectivity index (χ0v) is 20.2. The van der Waals surface area contributed by atoms with E-state index in [4.69, 9.17) is 4.74 Å². The van der Waals surface area contributed by atoms with Gasteiger partial charge in [0.25, 0.3) is 5.91 Å². The Labute approximate surface area is 206 Å². The molecule has 3 N–H and O–H groups in total. The predicted molar refractivity (Wildman–Crippen MR) is 138 cm³/mol. The summed E-state index contributed by atoms with van der Waals surface area (Å²) >= 11 is 1.32. The zero-order valence-electron chi connectivity index (χ0n) is 19.4. The normalized spacial score (nSPS) is 11.6. The van der Waals surface area contributed by atoms with Crippen LogP contribution in [0.2, 0.25) is 0 Å². The van der Waals surface area contributed by atoms with Gasteiger partial charge < -0.3 is 20.4 Å². The highest BCUT2D eigenvalue weighted by Crippen LogP contribution is 2.21. The lowest BCUT2D eigenvalue weighted by Gasteiger charge is -2.19. The number of carbonyl (C=O) groups excluding carboxylic acids is 3. The van der Waals surface area contributed by atoms with Crippen LogP contribution in [-0.2, 0) is 16.0 Å². The summed E-state index contributed by atoms with van der Waals surface area (Å²) in [6.07, 6.45) is 1.72. The van der Waals surface area contributed by atoms with Crippen LogP contribution in [0.25, 0.3) is 10.9 Å². The summed E-state index contributed by atoms with van der Waals surface area (Å²) < 4.78 is 5.01. The predicted octanol–water partition coefficient (Wildman–Crippen LogP) is 4.80. The fourth-order valence-electron chi connectivity index (χ4n) is 3.69. The Hall–Kier alpha value is -4.11. The number of aromatic nitrogens is 1. The summed E-state index contributed by atoms with van der Waals surface area (Å²) in [5.41, 5.74) is 3.07. The van der Waals surface area contributed by atoms with Crippen LogP contribution in [0, 0.1) is 0 Å². The molecule has 8 nitrogen and oxygen atoms in total. The summed E-state index contributed by atoms with van der Waals surface area (Å²) in [6.45, 7) is 2.03. The highest BCUT2D eigenvalue weighted by Gasteiger charge is 2.24. The Bertz CT molecular complexity index is 1310. The van der Waals surface area contributed by atoms with Gasteiger partial charge in [0.1, 0.15) is 6.04 Å². The fraction of sp³-hybridized carbons (Fsp3) is 0.192. The summed E-state index contributed by atoms with van der Waals surface area (Å²) in [7, 11) is 1.61. The Balaban J connectivity index is 1.51. The highest BCUT2D eigenvalue weighted by atomic mass is 32.1. The van der Waals surface area contributed by atoms with Gasteiger partial charge in [0.15, 0.2) is 0 Å². The van der Waals surface area contributed by atoms with E-state index in [9.17, 15) is 14.4 Å². The van der Waals surface area contributed by atoms with Crippen molar-refractivity contribution in [1.29, 1.82) is 0 Å². The first-order chi connectivity index (χ1) is 17.0. The fourth-order valence-corrected chi connectivity index (χ4v) is 4.32. The lowest BCUT2D eigenvalue weighted by molar-refractivity contribution is -0.118. The Morgan fingerprint density at radius 3 is 2.54 bits per heavy atom. The molecule has 0 aliphatic rings. The van der Waals surface area contributed by atoms with Gasteiger partial charge in [-0.05, 0) is 54.3 Å². The molecule has 1 unspecified atom stereocenters. The maximum Gasteiger partial charge on any atom is 0.413 e. The van der Waals surface area contributed by atoms with E-state index in [2.05, 4.69) is 15.6 Å². The minimum absolute atomic E-state index is 0.284. The molecule has 35 heavy (non-hydrogen) atoms. The topological polar surface area (TPSA) is 104 Å². The van der Waals surface area contributed by atoms with Gasteiger partial charge in [-0.2, -0.15) is 0 Å². The van der Waals surface area contributed by atoms with Gasteiger partial charge in [0, 0.05) is 41.9 Å². The molecule has 0 spiro atoms. The number of fused-ring (bicyclic) bond motifs is 1. The van der Waals surface area contributed by atoms with E-state index in [0.29, 0.717) is 22.7 Å². The molecule has 0 saturated heterocycles. The van der Waals surface area contributed by atoms with Crippen LogP contribution in [0.1, 0.15) is 22.2 Å². The van der Waals surface area contributed by atoms with Crippen LogP contribution in [0.4, 0.5) is 16.2 Å². The van der Waals surface area contributed by atoms with E-state index in [1.807, 2.05) is 35.8 Å². The molecule has 2 aromatic carbocycles. The number of hydrogen-bond acceptors (Lipinski definition) is 5. The largest absolute Gasteiger partial charge is 0.449 e. The number of aromatic amines is 1. The number of benzene rings is 2. The van der Waals surface area contributed by atoms with Crippen molar-refractivity contribution >= 4 is 51.5 Å². The number of nitrogens with one attached hydrogen (secondary N) is 3. The number of rotatable bonds is 8. The molecule has 0 bridgehead atoms. The number of thiophene rings is 1. The molecule has 4 rings (SSSR count). The standard InChI is InChI=1S/C26H26N4O4S/c1-3-34-26(33)30(2)19-12-10-18(11-13-19)28-24(31)22(29-25(32)23-9-6-14-35-23)15-17-16-27-21-8-5-4-7-20(17)21/h4-14,16,22,27H,3,15H2,1-2H3,(H,28,31)(H,29,32). The first-order valence-corrected chi connectivity index (χ1v) is 12.0. The van der Waals surface area contributed by atoms with Crippen molar-refractivity contribution in [2.75, 3.05) is 23.9 Å².